The van der Waals surface area contributed by atoms with E-state index in [9.17, 15) is 8.42 Å². The third-order valence-corrected chi connectivity index (χ3v) is 5.79. The van der Waals surface area contributed by atoms with Crippen LogP contribution in [-0.4, -0.2) is 18.5 Å². The SMILES string of the molecule is CCCCS(=O)(=O)N1Cc2ccc(C(N)CC)cc2C1. The Bertz CT molecular complexity index is 569. The van der Waals surface area contributed by atoms with Gasteiger partial charge in [-0.05, 0) is 29.5 Å². The van der Waals surface area contributed by atoms with Gasteiger partial charge in [-0.25, -0.2) is 8.42 Å². The zero-order valence-electron chi connectivity index (χ0n) is 12.3. The average molecular weight is 296 g/mol. The number of sulfonamides is 1. The highest BCUT2D eigenvalue weighted by Crippen LogP contribution is 2.28. The van der Waals surface area contributed by atoms with Crippen LogP contribution in [0, 0.1) is 0 Å². The fourth-order valence-corrected chi connectivity index (χ4v) is 4.09. The number of benzene rings is 1. The zero-order chi connectivity index (χ0) is 14.8. The Balaban J connectivity index is 2.15. The van der Waals surface area contributed by atoms with E-state index in [1.165, 1.54) is 0 Å². The van der Waals surface area contributed by atoms with Crippen molar-refractivity contribution in [2.24, 2.45) is 5.73 Å². The molecule has 0 fully saturated rings. The van der Waals surface area contributed by atoms with Gasteiger partial charge < -0.3 is 5.73 Å². The van der Waals surface area contributed by atoms with E-state index in [2.05, 4.69) is 13.0 Å². The van der Waals surface area contributed by atoms with E-state index >= 15 is 0 Å². The summed E-state index contributed by atoms with van der Waals surface area (Å²) in [6.45, 7) is 5.06. The summed E-state index contributed by atoms with van der Waals surface area (Å²) in [7, 11) is -3.13. The van der Waals surface area contributed by atoms with Gasteiger partial charge in [0.25, 0.3) is 0 Å². The van der Waals surface area contributed by atoms with Gasteiger partial charge >= 0.3 is 0 Å². The van der Waals surface area contributed by atoms with Crippen molar-refractivity contribution in [3.8, 4) is 0 Å². The first-order valence-electron chi connectivity index (χ1n) is 7.33. The van der Waals surface area contributed by atoms with Gasteiger partial charge in [0.15, 0.2) is 0 Å². The molecule has 5 heteroatoms. The van der Waals surface area contributed by atoms with Crippen LogP contribution in [0.4, 0.5) is 0 Å². The van der Waals surface area contributed by atoms with Crippen LogP contribution in [0.15, 0.2) is 18.2 Å². The Labute approximate surface area is 122 Å². The smallest absolute Gasteiger partial charge is 0.214 e. The standard InChI is InChI=1S/C15H24N2O2S/c1-3-5-8-20(18,19)17-10-13-7-6-12(15(16)4-2)9-14(13)11-17/h6-7,9,15H,3-5,8,10-11,16H2,1-2H3. The summed E-state index contributed by atoms with van der Waals surface area (Å²) < 4.78 is 26.1. The fourth-order valence-electron chi connectivity index (χ4n) is 2.50. The number of nitrogens with zero attached hydrogens (tertiary/aromatic N) is 1. The molecule has 0 saturated heterocycles. The second kappa shape index (κ2) is 6.24. The molecule has 0 saturated carbocycles. The van der Waals surface area contributed by atoms with Gasteiger partial charge in [-0.3, -0.25) is 0 Å². The molecule has 0 radical (unpaired) electrons. The zero-order valence-corrected chi connectivity index (χ0v) is 13.1. The van der Waals surface area contributed by atoms with Gasteiger partial charge in [0, 0.05) is 19.1 Å². The lowest BCUT2D eigenvalue weighted by Gasteiger charge is -2.15. The van der Waals surface area contributed by atoms with Crippen LogP contribution in [-0.2, 0) is 23.1 Å². The van der Waals surface area contributed by atoms with E-state index in [-0.39, 0.29) is 11.8 Å². The minimum atomic E-state index is -3.13. The summed E-state index contributed by atoms with van der Waals surface area (Å²) in [5.74, 6) is 0.249. The minimum absolute atomic E-state index is 0.0334. The van der Waals surface area contributed by atoms with Crippen LogP contribution >= 0.6 is 0 Å². The Hall–Kier alpha value is -0.910. The molecule has 0 amide bonds. The fraction of sp³-hybridized carbons (Fsp3) is 0.600. The summed E-state index contributed by atoms with van der Waals surface area (Å²) >= 11 is 0. The molecular weight excluding hydrogens is 272 g/mol. The van der Waals surface area contributed by atoms with Gasteiger partial charge in [-0.2, -0.15) is 4.31 Å². The van der Waals surface area contributed by atoms with Crippen molar-refractivity contribution in [2.45, 2.75) is 52.2 Å². The van der Waals surface area contributed by atoms with Gasteiger partial charge in [0.1, 0.15) is 0 Å². The Kier molecular flexibility index (Phi) is 4.83. The van der Waals surface area contributed by atoms with E-state index in [4.69, 9.17) is 5.73 Å². The molecule has 0 bridgehead atoms. The monoisotopic (exact) mass is 296 g/mol. The molecule has 20 heavy (non-hydrogen) atoms. The summed E-state index contributed by atoms with van der Waals surface area (Å²) in [5, 5.41) is 0. The molecule has 112 valence electrons. The largest absolute Gasteiger partial charge is 0.324 e. The van der Waals surface area contributed by atoms with Gasteiger partial charge in [0.2, 0.25) is 10.0 Å². The van der Waals surface area contributed by atoms with E-state index in [1.54, 1.807) is 4.31 Å². The summed E-state index contributed by atoms with van der Waals surface area (Å²) in [5.41, 5.74) is 9.35. The molecule has 2 rings (SSSR count). The molecule has 1 atom stereocenters. The van der Waals surface area contributed by atoms with Crippen molar-refractivity contribution in [2.75, 3.05) is 5.75 Å². The summed E-state index contributed by atoms with van der Waals surface area (Å²) in [6.07, 6.45) is 2.51. The molecule has 2 N–H and O–H groups in total. The third kappa shape index (κ3) is 3.22. The lowest BCUT2D eigenvalue weighted by atomic mass is 10.0. The first kappa shape index (κ1) is 15.5. The average Bonchev–Trinajstić information content (AvgIpc) is 2.88. The molecule has 0 aliphatic carbocycles. The Morgan fingerprint density at radius 2 is 1.95 bits per heavy atom. The highest BCUT2D eigenvalue weighted by molar-refractivity contribution is 7.89. The van der Waals surface area contributed by atoms with Crippen LogP contribution in [0.5, 0.6) is 0 Å². The quantitative estimate of drug-likeness (QED) is 0.877. The maximum atomic E-state index is 12.2. The maximum absolute atomic E-state index is 12.2. The topological polar surface area (TPSA) is 63.4 Å². The lowest BCUT2D eigenvalue weighted by Crippen LogP contribution is -2.28. The highest BCUT2D eigenvalue weighted by atomic mass is 32.2. The van der Waals surface area contributed by atoms with E-state index in [0.717, 1.165) is 36.0 Å². The molecular formula is C15H24N2O2S. The van der Waals surface area contributed by atoms with Crippen LogP contribution in [0.2, 0.25) is 0 Å². The molecule has 4 nitrogen and oxygen atoms in total. The minimum Gasteiger partial charge on any atom is -0.324 e. The second-order valence-corrected chi connectivity index (χ2v) is 7.57. The molecule has 1 unspecified atom stereocenters. The van der Waals surface area contributed by atoms with E-state index in [1.807, 2.05) is 19.1 Å². The van der Waals surface area contributed by atoms with Crippen molar-refractivity contribution in [3.05, 3.63) is 34.9 Å². The van der Waals surface area contributed by atoms with E-state index < -0.39 is 10.0 Å². The summed E-state index contributed by atoms with van der Waals surface area (Å²) in [6, 6.07) is 6.15. The van der Waals surface area contributed by atoms with Gasteiger partial charge in [0.05, 0.1) is 5.75 Å². The number of fused-ring (bicyclic) bond motifs is 1. The van der Waals surface area contributed by atoms with Crippen molar-refractivity contribution >= 4 is 10.0 Å². The molecule has 1 aliphatic heterocycles. The first-order chi connectivity index (χ1) is 9.47. The van der Waals surface area contributed by atoms with Crippen molar-refractivity contribution in [3.63, 3.8) is 0 Å². The number of hydrogen-bond acceptors (Lipinski definition) is 3. The molecule has 1 heterocycles. The highest BCUT2D eigenvalue weighted by Gasteiger charge is 2.28. The van der Waals surface area contributed by atoms with Crippen LogP contribution in [0.1, 0.15) is 55.8 Å². The molecule has 0 spiro atoms. The van der Waals surface area contributed by atoms with Crippen molar-refractivity contribution < 1.29 is 8.42 Å². The molecule has 0 aromatic heterocycles. The van der Waals surface area contributed by atoms with Crippen LogP contribution in [0.3, 0.4) is 0 Å². The molecule has 1 aromatic carbocycles. The van der Waals surface area contributed by atoms with Crippen molar-refractivity contribution in [1.82, 2.24) is 4.31 Å². The Morgan fingerprint density at radius 1 is 1.25 bits per heavy atom. The lowest BCUT2D eigenvalue weighted by molar-refractivity contribution is 0.430. The predicted octanol–water partition coefficient (Wildman–Crippen LogP) is 2.54. The van der Waals surface area contributed by atoms with Crippen LogP contribution < -0.4 is 5.73 Å². The van der Waals surface area contributed by atoms with E-state index in [0.29, 0.717) is 13.1 Å². The first-order valence-corrected chi connectivity index (χ1v) is 8.94. The molecule has 1 aromatic rings. The van der Waals surface area contributed by atoms with Crippen molar-refractivity contribution in [1.29, 1.82) is 0 Å². The van der Waals surface area contributed by atoms with Gasteiger partial charge in [-0.15, -0.1) is 0 Å². The number of rotatable bonds is 6. The molecule has 1 aliphatic rings. The van der Waals surface area contributed by atoms with Gasteiger partial charge in [-0.1, -0.05) is 38.5 Å². The second-order valence-electron chi connectivity index (χ2n) is 5.48. The number of unbranched alkanes of at least 4 members (excludes halogenated alkanes) is 1. The third-order valence-electron chi connectivity index (χ3n) is 3.94. The number of hydrogen-bond donors (Lipinski definition) is 1. The number of nitrogens with two attached hydrogens (primary N) is 1. The normalized spacial score (nSPS) is 17.1. The van der Waals surface area contributed by atoms with Crippen LogP contribution in [0.25, 0.3) is 0 Å². The Morgan fingerprint density at radius 3 is 2.60 bits per heavy atom. The summed E-state index contributed by atoms with van der Waals surface area (Å²) in [4.78, 5) is 0. The predicted molar refractivity (Wildman–Crippen MR) is 81.6 cm³/mol. The maximum Gasteiger partial charge on any atom is 0.214 e.